The topological polar surface area (TPSA) is 85.6 Å². The monoisotopic (exact) mass is 608 g/mol. The number of amides is 1. The molecule has 46 heavy (non-hydrogen) atoms. The van der Waals surface area contributed by atoms with Crippen molar-refractivity contribution in [3.8, 4) is 23.5 Å². The first-order valence-electron chi connectivity index (χ1n) is 16.2. The van der Waals surface area contributed by atoms with Crippen LogP contribution < -0.4 is 5.32 Å². The van der Waals surface area contributed by atoms with Crippen molar-refractivity contribution in [3.05, 3.63) is 131 Å². The van der Waals surface area contributed by atoms with Crippen molar-refractivity contribution < 1.29 is 4.79 Å². The van der Waals surface area contributed by atoms with Gasteiger partial charge in [0.25, 0.3) is 0 Å². The molecule has 5 aromatic rings. The Hall–Kier alpha value is -5.09. The van der Waals surface area contributed by atoms with Gasteiger partial charge in [0.15, 0.2) is 0 Å². The van der Waals surface area contributed by atoms with Crippen molar-refractivity contribution in [1.29, 1.82) is 0 Å². The van der Waals surface area contributed by atoms with E-state index in [4.69, 9.17) is 16.4 Å². The second-order valence-electron chi connectivity index (χ2n) is 12.3. The predicted octanol–water partition coefficient (Wildman–Crippen LogP) is 6.49. The molecular formula is C39H40N6O. The van der Waals surface area contributed by atoms with Crippen molar-refractivity contribution in [1.82, 2.24) is 30.0 Å². The molecule has 7 heteroatoms. The zero-order valence-electron chi connectivity index (χ0n) is 26.3. The van der Waals surface area contributed by atoms with Crippen molar-refractivity contribution in [3.63, 3.8) is 0 Å². The number of nitrogens with one attached hydrogen (secondary N) is 1. The molecule has 0 radical (unpaired) electrons. The van der Waals surface area contributed by atoms with Crippen molar-refractivity contribution in [2.75, 3.05) is 0 Å². The van der Waals surface area contributed by atoms with Gasteiger partial charge in [0.05, 0.1) is 29.1 Å². The highest BCUT2D eigenvalue weighted by Gasteiger charge is 2.34. The quantitative estimate of drug-likeness (QED) is 0.173. The SMILES string of the molecule is C#Cc1cnc(CC2CCC(C(C(=O)NCc3ccccc3)c3ccc(-c4cnn(C)c4)cn3)CC2)nc1CCc1ccccc1. The summed E-state index contributed by atoms with van der Waals surface area (Å²) in [5, 5.41) is 7.49. The predicted molar refractivity (Wildman–Crippen MR) is 180 cm³/mol. The lowest BCUT2D eigenvalue weighted by molar-refractivity contribution is -0.124. The zero-order valence-corrected chi connectivity index (χ0v) is 26.3. The molecule has 1 aliphatic rings. The van der Waals surface area contributed by atoms with E-state index in [0.717, 1.165) is 84.4 Å². The minimum Gasteiger partial charge on any atom is -0.351 e. The number of pyridine rings is 1. The van der Waals surface area contributed by atoms with E-state index in [1.807, 2.05) is 74.3 Å². The summed E-state index contributed by atoms with van der Waals surface area (Å²) in [5.74, 6) is 4.01. The molecule has 0 spiro atoms. The molecule has 3 aromatic heterocycles. The highest BCUT2D eigenvalue weighted by Crippen LogP contribution is 2.39. The van der Waals surface area contributed by atoms with E-state index in [1.54, 1.807) is 4.68 Å². The number of rotatable bonds is 11. The lowest BCUT2D eigenvalue weighted by Gasteiger charge is -2.33. The van der Waals surface area contributed by atoms with E-state index in [9.17, 15) is 4.79 Å². The largest absolute Gasteiger partial charge is 0.351 e. The third kappa shape index (κ3) is 7.76. The molecule has 0 bridgehead atoms. The maximum absolute atomic E-state index is 13.8. The Bertz CT molecular complexity index is 1770. The molecule has 0 saturated heterocycles. The summed E-state index contributed by atoms with van der Waals surface area (Å²) in [5.41, 5.74) is 6.88. The molecule has 0 aliphatic heterocycles. The smallest absolute Gasteiger partial charge is 0.229 e. The Morgan fingerprint density at radius 1 is 0.891 bits per heavy atom. The van der Waals surface area contributed by atoms with Gasteiger partial charge < -0.3 is 5.32 Å². The van der Waals surface area contributed by atoms with Gasteiger partial charge in [-0.05, 0) is 67.6 Å². The van der Waals surface area contributed by atoms with E-state index in [0.29, 0.717) is 12.5 Å². The van der Waals surface area contributed by atoms with E-state index in [1.165, 1.54) is 5.56 Å². The fourth-order valence-electron chi connectivity index (χ4n) is 6.57. The Labute approximate surface area is 271 Å². The fourth-order valence-corrected chi connectivity index (χ4v) is 6.57. The molecule has 6 rings (SSSR count). The van der Waals surface area contributed by atoms with Gasteiger partial charge in [0, 0.05) is 49.7 Å². The van der Waals surface area contributed by atoms with Crippen LogP contribution in [0, 0.1) is 24.2 Å². The van der Waals surface area contributed by atoms with E-state index < -0.39 is 0 Å². The average molecular weight is 609 g/mol. The van der Waals surface area contributed by atoms with Gasteiger partial charge >= 0.3 is 0 Å². The summed E-state index contributed by atoms with van der Waals surface area (Å²) < 4.78 is 1.78. The number of carbonyl (C=O) groups excluding carboxylic acids is 1. The van der Waals surface area contributed by atoms with E-state index >= 15 is 0 Å². The van der Waals surface area contributed by atoms with E-state index in [2.05, 4.69) is 51.7 Å². The van der Waals surface area contributed by atoms with Crippen molar-refractivity contribution >= 4 is 5.91 Å². The van der Waals surface area contributed by atoms with Crippen LogP contribution in [0.1, 0.15) is 65.5 Å². The summed E-state index contributed by atoms with van der Waals surface area (Å²) in [6.45, 7) is 0.497. The molecule has 1 amide bonds. The van der Waals surface area contributed by atoms with Crippen molar-refractivity contribution in [2.45, 2.75) is 57.4 Å². The number of nitrogens with zero attached hydrogens (tertiary/aromatic N) is 5. The molecule has 1 fully saturated rings. The normalized spacial score (nSPS) is 16.8. The number of benzene rings is 2. The number of hydrogen-bond donors (Lipinski definition) is 1. The van der Waals surface area contributed by atoms with Crippen LogP contribution in [0.3, 0.4) is 0 Å². The molecule has 1 saturated carbocycles. The van der Waals surface area contributed by atoms with Crippen molar-refractivity contribution in [2.24, 2.45) is 18.9 Å². The number of terminal acetylenes is 1. The Morgan fingerprint density at radius 3 is 2.28 bits per heavy atom. The average Bonchev–Trinajstić information content (AvgIpc) is 3.54. The first kappa shape index (κ1) is 30.9. The highest BCUT2D eigenvalue weighted by atomic mass is 16.1. The molecule has 7 nitrogen and oxygen atoms in total. The number of aromatic nitrogens is 5. The first-order valence-corrected chi connectivity index (χ1v) is 16.2. The van der Waals surface area contributed by atoms with Crippen LogP contribution in [0.25, 0.3) is 11.1 Å². The molecule has 1 unspecified atom stereocenters. The highest BCUT2D eigenvalue weighted by molar-refractivity contribution is 5.83. The minimum absolute atomic E-state index is 0.0326. The fraction of sp³-hybridized carbons (Fsp3) is 0.308. The Balaban J connectivity index is 1.13. The van der Waals surface area contributed by atoms with Crippen LogP contribution in [0.5, 0.6) is 0 Å². The first-order chi connectivity index (χ1) is 22.6. The second-order valence-corrected chi connectivity index (χ2v) is 12.3. The molecule has 1 N–H and O–H groups in total. The number of carbonyl (C=O) groups is 1. The molecule has 1 aliphatic carbocycles. The molecule has 3 heterocycles. The van der Waals surface area contributed by atoms with Crippen LogP contribution in [0.4, 0.5) is 0 Å². The lowest BCUT2D eigenvalue weighted by Crippen LogP contribution is -2.35. The Kier molecular flexibility index (Phi) is 9.94. The standard InChI is InChI=1S/C39H40N6O/c1-3-31-24-41-37(44-35(31)20-16-28-10-6-4-7-11-28)22-29-14-17-32(18-15-29)38(39(46)42-23-30-12-8-5-9-13-30)36-21-19-33(25-40-36)34-26-43-45(2)27-34/h1,4-13,19,21,24-27,29,32,38H,14-18,20,22-23H2,2H3,(H,42,46). The maximum Gasteiger partial charge on any atom is 0.229 e. The van der Waals surface area contributed by atoms with Crippen LogP contribution in [0.15, 0.2) is 97.6 Å². The number of hydrogen-bond acceptors (Lipinski definition) is 5. The molecular weight excluding hydrogens is 568 g/mol. The summed E-state index contributed by atoms with van der Waals surface area (Å²) >= 11 is 0. The molecule has 232 valence electrons. The second kappa shape index (κ2) is 14.8. The van der Waals surface area contributed by atoms with Gasteiger partial charge in [-0.1, -0.05) is 72.7 Å². The van der Waals surface area contributed by atoms with Gasteiger partial charge in [-0.3, -0.25) is 14.5 Å². The summed E-state index contributed by atoms with van der Waals surface area (Å²) in [4.78, 5) is 28.2. The Morgan fingerprint density at radius 2 is 1.63 bits per heavy atom. The van der Waals surface area contributed by atoms with Gasteiger partial charge in [-0.2, -0.15) is 5.10 Å². The maximum atomic E-state index is 13.8. The third-order valence-corrected chi connectivity index (χ3v) is 9.14. The van der Waals surface area contributed by atoms with Gasteiger partial charge in [0.2, 0.25) is 5.91 Å². The van der Waals surface area contributed by atoms with Crippen LogP contribution >= 0.6 is 0 Å². The third-order valence-electron chi connectivity index (χ3n) is 9.14. The summed E-state index contributed by atoms with van der Waals surface area (Å²) in [6, 6.07) is 24.5. The van der Waals surface area contributed by atoms with Gasteiger partial charge in [-0.15, -0.1) is 6.42 Å². The lowest BCUT2D eigenvalue weighted by atomic mass is 9.73. The molecule has 1 atom stereocenters. The van der Waals surface area contributed by atoms with Crippen LogP contribution in [-0.2, 0) is 37.6 Å². The van der Waals surface area contributed by atoms with Gasteiger partial charge in [0.1, 0.15) is 5.82 Å². The van der Waals surface area contributed by atoms with Crippen LogP contribution in [-0.4, -0.2) is 30.6 Å². The van der Waals surface area contributed by atoms with Crippen LogP contribution in [0.2, 0.25) is 0 Å². The van der Waals surface area contributed by atoms with E-state index in [-0.39, 0.29) is 17.7 Å². The summed E-state index contributed by atoms with van der Waals surface area (Å²) in [7, 11) is 1.90. The number of aryl methyl sites for hydroxylation is 3. The zero-order chi connectivity index (χ0) is 31.7. The van der Waals surface area contributed by atoms with Gasteiger partial charge in [-0.25, -0.2) is 9.97 Å². The summed E-state index contributed by atoms with van der Waals surface area (Å²) in [6.07, 6.45) is 19.7. The molecule has 2 aromatic carbocycles. The minimum atomic E-state index is -0.316.